The number of halogens is 1. The van der Waals surface area contributed by atoms with Crippen molar-refractivity contribution < 1.29 is 18.6 Å². The fourth-order valence-electron chi connectivity index (χ4n) is 5.27. The molecular formula is C32H34FN5O3. The molecule has 1 fully saturated rings. The Hall–Kier alpha value is -4.42. The van der Waals surface area contributed by atoms with Crippen LogP contribution in [0.4, 0.5) is 10.2 Å². The van der Waals surface area contributed by atoms with Crippen molar-refractivity contribution in [2.45, 2.75) is 31.9 Å². The van der Waals surface area contributed by atoms with Crippen LogP contribution in [-0.4, -0.2) is 62.3 Å². The number of aromatic nitrogens is 2. The largest absolute Gasteiger partial charge is 0.494 e. The van der Waals surface area contributed by atoms with Gasteiger partial charge in [-0.3, -0.25) is 4.98 Å². The van der Waals surface area contributed by atoms with E-state index in [2.05, 4.69) is 34.9 Å². The number of nitrogens with zero attached hydrogens (tertiary/aromatic N) is 5. The van der Waals surface area contributed by atoms with E-state index in [9.17, 15) is 9.65 Å². The van der Waals surface area contributed by atoms with Gasteiger partial charge in [-0.15, -0.1) is 0 Å². The number of ether oxygens (including phenoxy) is 3. The van der Waals surface area contributed by atoms with Crippen LogP contribution in [0.2, 0.25) is 0 Å². The Labute approximate surface area is 239 Å². The van der Waals surface area contributed by atoms with Crippen molar-refractivity contribution in [3.8, 4) is 23.3 Å². The molecule has 2 heterocycles. The molecule has 3 aromatic carbocycles. The van der Waals surface area contributed by atoms with E-state index in [0.29, 0.717) is 46.1 Å². The average molecular weight is 556 g/mol. The van der Waals surface area contributed by atoms with E-state index >= 15 is 0 Å². The van der Waals surface area contributed by atoms with Crippen LogP contribution in [0.1, 0.15) is 35.1 Å². The van der Waals surface area contributed by atoms with Crippen LogP contribution in [0.5, 0.6) is 17.2 Å². The summed E-state index contributed by atoms with van der Waals surface area (Å²) in [5.41, 5.74) is 4.34. The maximum absolute atomic E-state index is 14.1. The molecule has 0 N–H and O–H groups in total. The van der Waals surface area contributed by atoms with Gasteiger partial charge in [-0.1, -0.05) is 18.2 Å². The van der Waals surface area contributed by atoms with Gasteiger partial charge in [-0.05, 0) is 80.4 Å². The monoisotopic (exact) mass is 555 g/mol. The minimum atomic E-state index is -0.440. The van der Waals surface area contributed by atoms with E-state index in [1.807, 2.05) is 36.5 Å². The third-order valence-electron chi connectivity index (χ3n) is 7.65. The summed E-state index contributed by atoms with van der Waals surface area (Å²) in [4.78, 5) is 14.1. The summed E-state index contributed by atoms with van der Waals surface area (Å²) in [6, 6.07) is 17.2. The smallest absolute Gasteiger partial charge is 0.165 e. The van der Waals surface area contributed by atoms with Gasteiger partial charge in [0.15, 0.2) is 23.1 Å². The quantitative estimate of drug-likeness (QED) is 0.273. The minimum Gasteiger partial charge on any atom is -0.494 e. The van der Waals surface area contributed by atoms with Gasteiger partial charge in [0.25, 0.3) is 0 Å². The molecule has 0 radical (unpaired) electrons. The van der Waals surface area contributed by atoms with Crippen molar-refractivity contribution in [2.24, 2.45) is 0 Å². The van der Waals surface area contributed by atoms with Crippen molar-refractivity contribution in [3.05, 3.63) is 82.8 Å². The maximum atomic E-state index is 14.1. The lowest BCUT2D eigenvalue weighted by Crippen LogP contribution is -2.42. The van der Waals surface area contributed by atoms with Crippen LogP contribution >= 0.6 is 0 Å². The van der Waals surface area contributed by atoms with Gasteiger partial charge in [-0.2, -0.15) is 5.26 Å². The van der Waals surface area contributed by atoms with Crippen LogP contribution in [0.3, 0.4) is 0 Å². The molecule has 1 aromatic heterocycles. The third-order valence-corrected chi connectivity index (χ3v) is 7.65. The summed E-state index contributed by atoms with van der Waals surface area (Å²) in [6.45, 7) is 1.99. The SMILES string of the molecule is COc1ccc(COc2ccc(Cc3ccc4ncc(N5CCC(N(C)C)CC5)nc4c3C#N)cc2OC)cc1F. The highest BCUT2D eigenvalue weighted by Crippen LogP contribution is 2.32. The highest BCUT2D eigenvalue weighted by atomic mass is 19.1. The van der Waals surface area contributed by atoms with Gasteiger partial charge < -0.3 is 24.0 Å². The number of hydrogen-bond donors (Lipinski definition) is 0. The van der Waals surface area contributed by atoms with E-state index in [0.717, 1.165) is 42.9 Å². The molecule has 0 saturated carbocycles. The lowest BCUT2D eigenvalue weighted by molar-refractivity contribution is 0.249. The first-order valence-electron chi connectivity index (χ1n) is 13.6. The van der Waals surface area contributed by atoms with Crippen LogP contribution in [0, 0.1) is 17.1 Å². The number of fused-ring (bicyclic) bond motifs is 1. The standard InChI is InChI=1S/C32H34FN5O3/c1-37(2)24-11-13-38(14-12-24)31-19-35-27-8-7-23(25(18-34)32(27)36-31)15-21-5-10-29(30(17-21)40-4)41-20-22-6-9-28(39-3)26(33)16-22/h5-10,16-17,19,24H,11-15,20H2,1-4H3. The van der Waals surface area contributed by atoms with Gasteiger partial charge in [0, 0.05) is 19.1 Å². The van der Waals surface area contributed by atoms with Crippen LogP contribution in [-0.2, 0) is 13.0 Å². The van der Waals surface area contributed by atoms with Crippen LogP contribution in [0.25, 0.3) is 11.0 Å². The zero-order valence-electron chi connectivity index (χ0n) is 23.9. The minimum absolute atomic E-state index is 0.174. The highest BCUT2D eigenvalue weighted by molar-refractivity contribution is 5.83. The number of hydrogen-bond acceptors (Lipinski definition) is 8. The normalized spacial score (nSPS) is 13.8. The van der Waals surface area contributed by atoms with Crippen LogP contribution in [0.15, 0.2) is 54.7 Å². The molecule has 0 aliphatic carbocycles. The van der Waals surface area contributed by atoms with E-state index in [-0.39, 0.29) is 12.4 Å². The fourth-order valence-corrected chi connectivity index (χ4v) is 5.27. The van der Waals surface area contributed by atoms with Crippen molar-refractivity contribution in [3.63, 3.8) is 0 Å². The summed E-state index contributed by atoms with van der Waals surface area (Å²) < 4.78 is 30.6. The zero-order chi connectivity index (χ0) is 28.9. The van der Waals surface area contributed by atoms with Gasteiger partial charge in [0.1, 0.15) is 24.0 Å². The second-order valence-electron chi connectivity index (χ2n) is 10.4. The molecule has 1 aliphatic rings. The Morgan fingerprint density at radius 3 is 2.39 bits per heavy atom. The lowest BCUT2D eigenvalue weighted by Gasteiger charge is -2.35. The summed E-state index contributed by atoms with van der Waals surface area (Å²) >= 11 is 0. The molecule has 0 amide bonds. The first-order valence-corrected chi connectivity index (χ1v) is 13.6. The Balaban J connectivity index is 1.34. The Morgan fingerprint density at radius 1 is 0.976 bits per heavy atom. The molecule has 9 heteroatoms. The molecule has 212 valence electrons. The van der Waals surface area contributed by atoms with Crippen molar-refractivity contribution in [2.75, 3.05) is 46.3 Å². The number of rotatable bonds is 9. The number of anilines is 1. The van der Waals surface area contributed by atoms with E-state index < -0.39 is 5.82 Å². The summed E-state index contributed by atoms with van der Waals surface area (Å²) in [7, 11) is 7.25. The van der Waals surface area contributed by atoms with Crippen molar-refractivity contribution in [1.82, 2.24) is 14.9 Å². The van der Waals surface area contributed by atoms with E-state index in [1.165, 1.54) is 13.2 Å². The molecule has 5 rings (SSSR count). The fraction of sp³-hybridized carbons (Fsp3) is 0.344. The second-order valence-corrected chi connectivity index (χ2v) is 10.4. The van der Waals surface area contributed by atoms with Gasteiger partial charge in [0.05, 0.1) is 31.5 Å². The maximum Gasteiger partial charge on any atom is 0.165 e. The summed E-state index contributed by atoms with van der Waals surface area (Å²) in [5, 5.41) is 10.2. The zero-order valence-corrected chi connectivity index (χ0v) is 23.9. The molecule has 41 heavy (non-hydrogen) atoms. The lowest BCUT2D eigenvalue weighted by atomic mass is 9.98. The number of piperidine rings is 1. The predicted molar refractivity (Wildman–Crippen MR) is 156 cm³/mol. The summed E-state index contributed by atoms with van der Waals surface area (Å²) in [6.07, 6.45) is 4.45. The molecular weight excluding hydrogens is 521 g/mol. The Bertz CT molecular complexity index is 1580. The number of benzene rings is 3. The number of methoxy groups -OCH3 is 2. The predicted octanol–water partition coefficient (Wildman–Crippen LogP) is 5.36. The number of nitriles is 1. The molecule has 0 atom stereocenters. The van der Waals surface area contributed by atoms with Crippen LogP contribution < -0.4 is 19.1 Å². The first kappa shape index (κ1) is 28.1. The molecule has 1 aliphatic heterocycles. The molecule has 1 saturated heterocycles. The van der Waals surface area contributed by atoms with Crippen molar-refractivity contribution >= 4 is 16.9 Å². The second kappa shape index (κ2) is 12.4. The van der Waals surface area contributed by atoms with Gasteiger partial charge in [-0.25, -0.2) is 9.37 Å². The van der Waals surface area contributed by atoms with E-state index in [1.54, 1.807) is 19.2 Å². The highest BCUT2D eigenvalue weighted by Gasteiger charge is 2.22. The Morgan fingerprint density at radius 2 is 1.71 bits per heavy atom. The van der Waals surface area contributed by atoms with Gasteiger partial charge >= 0.3 is 0 Å². The molecule has 0 bridgehead atoms. The molecule has 8 nitrogen and oxygen atoms in total. The topological polar surface area (TPSA) is 83.7 Å². The van der Waals surface area contributed by atoms with E-state index in [4.69, 9.17) is 19.2 Å². The molecule has 4 aromatic rings. The molecule has 0 spiro atoms. The summed E-state index contributed by atoms with van der Waals surface area (Å²) in [5.74, 6) is 1.65. The first-order chi connectivity index (χ1) is 19.9. The van der Waals surface area contributed by atoms with Crippen molar-refractivity contribution in [1.29, 1.82) is 5.26 Å². The third kappa shape index (κ3) is 6.18. The van der Waals surface area contributed by atoms with Gasteiger partial charge in [0.2, 0.25) is 0 Å². The molecule has 0 unspecified atom stereocenters. The Kier molecular flexibility index (Phi) is 8.50. The average Bonchev–Trinajstić information content (AvgIpc) is 3.00.